The summed E-state index contributed by atoms with van der Waals surface area (Å²) in [5.74, 6) is 2.18. The highest BCUT2D eigenvalue weighted by Crippen LogP contribution is 2.41. The van der Waals surface area contributed by atoms with Crippen LogP contribution in [0.4, 0.5) is 0 Å². The molecule has 1 aliphatic rings. The number of rotatable bonds is 7. The van der Waals surface area contributed by atoms with Crippen LogP contribution in [0.5, 0.6) is 0 Å². The lowest BCUT2D eigenvalue weighted by Crippen LogP contribution is -2.16. The van der Waals surface area contributed by atoms with Crippen molar-refractivity contribution in [2.24, 2.45) is 5.92 Å². The Labute approximate surface area is 365 Å². The molecule has 8 aromatic carbocycles. The van der Waals surface area contributed by atoms with Crippen molar-refractivity contribution in [3.05, 3.63) is 224 Å². The molecule has 11 aromatic rings. The zero-order valence-electron chi connectivity index (χ0n) is 34.7. The molecule has 0 aliphatic heterocycles. The molecule has 2 unspecified atom stereocenters. The second-order valence-electron chi connectivity index (χ2n) is 16.5. The average Bonchev–Trinajstić information content (AvgIpc) is 3.87. The molecule has 0 spiro atoms. The van der Waals surface area contributed by atoms with Crippen molar-refractivity contribution in [2.45, 2.75) is 13.0 Å². The van der Waals surface area contributed by atoms with Crippen molar-refractivity contribution in [3.63, 3.8) is 0 Å². The lowest BCUT2D eigenvalue weighted by molar-refractivity contribution is 0.511. The maximum absolute atomic E-state index is 5.03. The van der Waals surface area contributed by atoms with Gasteiger partial charge in [-0.1, -0.05) is 177 Å². The summed E-state index contributed by atoms with van der Waals surface area (Å²) in [6.07, 6.45) is 7.20. The van der Waals surface area contributed by atoms with Gasteiger partial charge in [-0.05, 0) is 76.7 Å². The van der Waals surface area contributed by atoms with Gasteiger partial charge in [-0.2, -0.15) is 0 Å². The van der Waals surface area contributed by atoms with Gasteiger partial charge in [0, 0.05) is 49.4 Å². The van der Waals surface area contributed by atoms with E-state index < -0.39 is 0 Å². The SMILES string of the molecule is CC1C=C(c2ccc3c(c2)c2ccccc2n3-c2ccccc2)C=CC1n1c2ccccc2c2ccc(-c3cccc(-c4nc(-c5ccccc5)nc(-c5ccccc5)n4)c3)cc21. The third-order valence-electron chi connectivity index (χ3n) is 12.6. The quantitative estimate of drug-likeness (QED) is 0.161. The Kier molecular flexibility index (Phi) is 8.78. The molecule has 0 bridgehead atoms. The molecular formula is C58H41N5. The number of allylic oxidation sites excluding steroid dienone is 4. The Morgan fingerprint density at radius 2 is 0.905 bits per heavy atom. The third-order valence-corrected chi connectivity index (χ3v) is 12.6. The number of fused-ring (bicyclic) bond motifs is 6. The molecule has 0 amide bonds. The van der Waals surface area contributed by atoms with Gasteiger partial charge in [0.2, 0.25) is 0 Å². The Hall–Kier alpha value is -8.15. The molecular weight excluding hydrogens is 767 g/mol. The number of benzene rings is 8. The largest absolute Gasteiger partial charge is 0.333 e. The second kappa shape index (κ2) is 15.1. The van der Waals surface area contributed by atoms with E-state index in [4.69, 9.17) is 15.0 Å². The van der Waals surface area contributed by atoms with Crippen molar-refractivity contribution in [1.82, 2.24) is 24.1 Å². The molecule has 0 fully saturated rings. The molecule has 2 atom stereocenters. The predicted molar refractivity (Wildman–Crippen MR) is 261 cm³/mol. The third kappa shape index (κ3) is 6.36. The van der Waals surface area contributed by atoms with Gasteiger partial charge in [0.25, 0.3) is 0 Å². The summed E-state index contributed by atoms with van der Waals surface area (Å²) in [6.45, 7) is 2.35. The molecule has 0 radical (unpaired) electrons. The van der Waals surface area contributed by atoms with E-state index in [0.717, 1.165) is 27.8 Å². The number of nitrogens with zero attached hydrogens (tertiary/aromatic N) is 5. The Balaban J connectivity index is 0.922. The fourth-order valence-corrected chi connectivity index (χ4v) is 9.61. The minimum Gasteiger partial charge on any atom is -0.333 e. The van der Waals surface area contributed by atoms with Gasteiger partial charge >= 0.3 is 0 Å². The van der Waals surface area contributed by atoms with E-state index in [1.54, 1.807) is 0 Å². The molecule has 1 aliphatic carbocycles. The molecule has 5 heteroatoms. The van der Waals surface area contributed by atoms with Crippen LogP contribution in [0.2, 0.25) is 0 Å². The summed E-state index contributed by atoms with van der Waals surface area (Å²) in [4.78, 5) is 15.0. The maximum Gasteiger partial charge on any atom is 0.164 e. The van der Waals surface area contributed by atoms with Crippen molar-refractivity contribution < 1.29 is 0 Å². The average molecular weight is 808 g/mol. The van der Waals surface area contributed by atoms with E-state index in [1.165, 1.54) is 60.4 Å². The van der Waals surface area contributed by atoms with Gasteiger partial charge in [0.15, 0.2) is 17.5 Å². The predicted octanol–water partition coefficient (Wildman–Crippen LogP) is 14.6. The topological polar surface area (TPSA) is 48.5 Å². The highest BCUT2D eigenvalue weighted by Gasteiger charge is 2.25. The minimum atomic E-state index is 0.125. The van der Waals surface area contributed by atoms with Crippen molar-refractivity contribution in [3.8, 4) is 51.0 Å². The van der Waals surface area contributed by atoms with Gasteiger partial charge < -0.3 is 9.13 Å². The highest BCUT2D eigenvalue weighted by atomic mass is 15.0. The monoisotopic (exact) mass is 807 g/mol. The van der Waals surface area contributed by atoms with Gasteiger partial charge in [-0.25, -0.2) is 15.0 Å². The molecule has 298 valence electrons. The van der Waals surface area contributed by atoms with Crippen LogP contribution in [0.3, 0.4) is 0 Å². The number of hydrogen-bond donors (Lipinski definition) is 0. The van der Waals surface area contributed by atoms with Crippen LogP contribution in [-0.4, -0.2) is 24.1 Å². The van der Waals surface area contributed by atoms with Crippen LogP contribution in [0.25, 0.3) is 100 Å². The summed E-state index contributed by atoms with van der Waals surface area (Å²) < 4.78 is 4.93. The summed E-state index contributed by atoms with van der Waals surface area (Å²) in [5, 5.41) is 5.03. The van der Waals surface area contributed by atoms with Gasteiger partial charge in [0.1, 0.15) is 0 Å². The van der Waals surface area contributed by atoms with E-state index in [-0.39, 0.29) is 12.0 Å². The summed E-state index contributed by atoms with van der Waals surface area (Å²) in [7, 11) is 0. The molecule has 0 N–H and O–H groups in total. The van der Waals surface area contributed by atoms with Crippen LogP contribution in [0, 0.1) is 5.92 Å². The van der Waals surface area contributed by atoms with Crippen LogP contribution in [0.1, 0.15) is 18.5 Å². The zero-order chi connectivity index (χ0) is 41.9. The van der Waals surface area contributed by atoms with E-state index in [0.29, 0.717) is 17.5 Å². The Morgan fingerprint density at radius 3 is 1.60 bits per heavy atom. The molecule has 0 saturated carbocycles. The van der Waals surface area contributed by atoms with E-state index >= 15 is 0 Å². The van der Waals surface area contributed by atoms with E-state index in [9.17, 15) is 0 Å². The smallest absolute Gasteiger partial charge is 0.164 e. The normalized spacial score (nSPS) is 15.1. The molecule has 0 saturated heterocycles. The van der Waals surface area contributed by atoms with E-state index in [2.05, 4.69) is 174 Å². The molecule has 3 aromatic heterocycles. The van der Waals surface area contributed by atoms with Crippen LogP contribution in [0.15, 0.2) is 218 Å². The summed E-state index contributed by atoms with van der Waals surface area (Å²) in [6, 6.07) is 71.1. The van der Waals surface area contributed by atoms with Crippen LogP contribution in [-0.2, 0) is 0 Å². The Bertz CT molecular complexity index is 3520. The first-order valence-corrected chi connectivity index (χ1v) is 21.6. The first-order chi connectivity index (χ1) is 31.1. The first-order valence-electron chi connectivity index (χ1n) is 21.6. The first kappa shape index (κ1) is 36.7. The lowest BCUT2D eigenvalue weighted by atomic mass is 9.89. The van der Waals surface area contributed by atoms with Crippen LogP contribution < -0.4 is 0 Å². The number of hydrogen-bond acceptors (Lipinski definition) is 3. The summed E-state index contributed by atoms with van der Waals surface area (Å²) >= 11 is 0. The van der Waals surface area contributed by atoms with Crippen molar-refractivity contribution in [2.75, 3.05) is 0 Å². The fourth-order valence-electron chi connectivity index (χ4n) is 9.61. The second-order valence-corrected chi connectivity index (χ2v) is 16.5. The van der Waals surface area contributed by atoms with Gasteiger partial charge in [-0.3, -0.25) is 0 Å². The van der Waals surface area contributed by atoms with E-state index in [1.807, 2.05) is 60.7 Å². The van der Waals surface area contributed by atoms with Gasteiger partial charge in [0.05, 0.1) is 22.6 Å². The maximum atomic E-state index is 5.03. The molecule has 5 nitrogen and oxygen atoms in total. The number of aromatic nitrogens is 5. The molecule has 12 rings (SSSR count). The van der Waals surface area contributed by atoms with Crippen LogP contribution >= 0.6 is 0 Å². The highest BCUT2D eigenvalue weighted by molar-refractivity contribution is 6.11. The minimum absolute atomic E-state index is 0.125. The van der Waals surface area contributed by atoms with Gasteiger partial charge in [-0.15, -0.1) is 0 Å². The lowest BCUT2D eigenvalue weighted by Gasteiger charge is -2.27. The van der Waals surface area contributed by atoms with Crippen molar-refractivity contribution >= 4 is 49.2 Å². The number of para-hydroxylation sites is 3. The van der Waals surface area contributed by atoms with Crippen molar-refractivity contribution in [1.29, 1.82) is 0 Å². The molecule has 3 heterocycles. The standard InChI is InChI=1S/C58H41N5/c1-38-34-42(43-30-33-54-50(36-43)48-25-12-13-26-52(48)62(54)46-22-9-4-10-23-46)29-32-51(38)63-53-27-14-11-24-47(53)49-31-28-44(37-55(49)63)41-20-15-21-45(35-41)58-60-56(39-16-5-2-6-17-39)59-57(61-58)40-18-7-3-8-19-40/h2-38,51H,1H3. The Morgan fingerprint density at radius 1 is 0.381 bits per heavy atom. The molecule has 63 heavy (non-hydrogen) atoms. The zero-order valence-corrected chi connectivity index (χ0v) is 34.7. The summed E-state index contributed by atoms with van der Waals surface area (Å²) in [5.41, 5.74) is 13.6. The fraction of sp³-hybridized carbons (Fsp3) is 0.0517.